The van der Waals surface area contributed by atoms with Gasteiger partial charge in [-0.25, -0.2) is 4.98 Å². The van der Waals surface area contributed by atoms with Crippen molar-refractivity contribution in [3.63, 3.8) is 0 Å². The molecular formula is C8H9FN2O2. The quantitative estimate of drug-likeness (QED) is 0.678. The van der Waals surface area contributed by atoms with Crippen LogP contribution < -0.4 is 5.73 Å². The average Bonchev–Trinajstić information content (AvgIpc) is 2.03. The summed E-state index contributed by atoms with van der Waals surface area (Å²) in [6.45, 7) is 0. The zero-order valence-electron chi connectivity index (χ0n) is 6.77. The van der Waals surface area contributed by atoms with Gasteiger partial charge in [0.05, 0.1) is 6.42 Å². The molecule has 4 nitrogen and oxygen atoms in total. The number of halogens is 1. The SMILES string of the molecule is N[C@@H](CC(=O)O)c1ccnc(F)c1. The Morgan fingerprint density at radius 1 is 1.77 bits per heavy atom. The first-order chi connectivity index (χ1) is 6.09. The van der Waals surface area contributed by atoms with E-state index in [1.54, 1.807) is 0 Å². The Hall–Kier alpha value is -1.49. The fourth-order valence-corrected chi connectivity index (χ4v) is 0.954. The van der Waals surface area contributed by atoms with Crippen LogP contribution in [0, 0.1) is 5.95 Å². The molecule has 0 aliphatic heterocycles. The van der Waals surface area contributed by atoms with Gasteiger partial charge in [0.2, 0.25) is 5.95 Å². The van der Waals surface area contributed by atoms with Crippen molar-refractivity contribution in [1.82, 2.24) is 4.98 Å². The monoisotopic (exact) mass is 184 g/mol. The number of nitrogens with zero attached hydrogens (tertiary/aromatic N) is 1. The number of carbonyl (C=O) groups is 1. The summed E-state index contributed by atoms with van der Waals surface area (Å²) in [5.41, 5.74) is 5.93. The van der Waals surface area contributed by atoms with Crippen molar-refractivity contribution in [2.75, 3.05) is 0 Å². The third-order valence-electron chi connectivity index (χ3n) is 1.57. The van der Waals surface area contributed by atoms with E-state index in [1.165, 1.54) is 12.3 Å². The minimum Gasteiger partial charge on any atom is -0.481 e. The van der Waals surface area contributed by atoms with Crippen LogP contribution in [-0.4, -0.2) is 16.1 Å². The number of hydrogen-bond donors (Lipinski definition) is 2. The van der Waals surface area contributed by atoms with Crippen LogP contribution in [0.1, 0.15) is 18.0 Å². The Morgan fingerprint density at radius 3 is 3.00 bits per heavy atom. The third-order valence-corrected chi connectivity index (χ3v) is 1.57. The number of pyridine rings is 1. The summed E-state index contributed by atoms with van der Waals surface area (Å²) >= 11 is 0. The Bertz CT molecular complexity index is 317. The summed E-state index contributed by atoms with van der Waals surface area (Å²) < 4.78 is 12.6. The molecule has 0 amide bonds. The highest BCUT2D eigenvalue weighted by Crippen LogP contribution is 2.13. The summed E-state index contributed by atoms with van der Waals surface area (Å²) in [6.07, 6.45) is 1.04. The van der Waals surface area contributed by atoms with E-state index in [0.717, 1.165) is 6.07 Å². The Kier molecular flexibility index (Phi) is 2.92. The molecule has 1 aromatic heterocycles. The number of nitrogens with two attached hydrogens (primary N) is 1. The summed E-state index contributed by atoms with van der Waals surface area (Å²) in [6, 6.07) is 1.94. The molecule has 0 aliphatic rings. The van der Waals surface area contributed by atoms with Crippen molar-refractivity contribution in [3.05, 3.63) is 29.8 Å². The predicted molar refractivity (Wildman–Crippen MR) is 43.4 cm³/mol. The summed E-state index contributed by atoms with van der Waals surface area (Å²) in [5, 5.41) is 8.43. The van der Waals surface area contributed by atoms with E-state index in [4.69, 9.17) is 10.8 Å². The molecule has 0 spiro atoms. The van der Waals surface area contributed by atoms with Crippen molar-refractivity contribution >= 4 is 5.97 Å². The number of rotatable bonds is 3. The second kappa shape index (κ2) is 3.95. The average molecular weight is 184 g/mol. The summed E-state index contributed by atoms with van der Waals surface area (Å²) in [4.78, 5) is 13.6. The molecule has 5 heteroatoms. The normalized spacial score (nSPS) is 12.5. The maximum Gasteiger partial charge on any atom is 0.305 e. The molecule has 70 valence electrons. The van der Waals surface area contributed by atoms with Gasteiger partial charge in [-0.3, -0.25) is 4.79 Å². The summed E-state index contributed by atoms with van der Waals surface area (Å²) in [5.74, 6) is -1.66. The molecule has 1 heterocycles. The van der Waals surface area contributed by atoms with Crippen molar-refractivity contribution in [3.8, 4) is 0 Å². The van der Waals surface area contributed by atoms with Gasteiger partial charge >= 0.3 is 5.97 Å². The molecule has 0 radical (unpaired) electrons. The standard InChI is InChI=1S/C8H9FN2O2/c9-7-3-5(1-2-11-7)6(10)4-8(12)13/h1-3,6H,4,10H2,(H,12,13)/t6-/m0/s1. The maximum absolute atomic E-state index is 12.6. The smallest absolute Gasteiger partial charge is 0.305 e. The second-order valence-corrected chi connectivity index (χ2v) is 2.62. The molecule has 3 N–H and O–H groups in total. The van der Waals surface area contributed by atoms with Crippen LogP contribution in [0.15, 0.2) is 18.3 Å². The van der Waals surface area contributed by atoms with Gasteiger partial charge in [-0.05, 0) is 17.7 Å². The molecule has 0 unspecified atom stereocenters. The molecule has 0 saturated heterocycles. The van der Waals surface area contributed by atoms with E-state index in [-0.39, 0.29) is 6.42 Å². The highest BCUT2D eigenvalue weighted by Gasteiger charge is 2.10. The van der Waals surface area contributed by atoms with Gasteiger partial charge in [-0.1, -0.05) is 0 Å². The Morgan fingerprint density at radius 2 is 2.46 bits per heavy atom. The minimum absolute atomic E-state index is 0.219. The fourth-order valence-electron chi connectivity index (χ4n) is 0.954. The van der Waals surface area contributed by atoms with Crippen LogP contribution in [0.4, 0.5) is 4.39 Å². The van der Waals surface area contributed by atoms with Crippen molar-refractivity contribution in [2.45, 2.75) is 12.5 Å². The lowest BCUT2D eigenvalue weighted by molar-refractivity contribution is -0.137. The first kappa shape index (κ1) is 9.60. The lowest BCUT2D eigenvalue weighted by atomic mass is 10.1. The van der Waals surface area contributed by atoms with Gasteiger partial charge in [-0.15, -0.1) is 0 Å². The molecule has 1 rings (SSSR count). The van der Waals surface area contributed by atoms with Crippen LogP contribution >= 0.6 is 0 Å². The second-order valence-electron chi connectivity index (χ2n) is 2.62. The zero-order chi connectivity index (χ0) is 9.84. The van der Waals surface area contributed by atoms with Gasteiger partial charge in [0, 0.05) is 12.2 Å². The maximum atomic E-state index is 12.6. The fraction of sp³-hybridized carbons (Fsp3) is 0.250. The minimum atomic E-state index is -1.01. The summed E-state index contributed by atoms with van der Waals surface area (Å²) in [7, 11) is 0. The van der Waals surface area contributed by atoms with Gasteiger partial charge in [-0.2, -0.15) is 4.39 Å². The molecule has 0 aromatic carbocycles. The molecule has 0 bridgehead atoms. The van der Waals surface area contributed by atoms with Crippen LogP contribution in [0.5, 0.6) is 0 Å². The Balaban J connectivity index is 2.76. The molecule has 13 heavy (non-hydrogen) atoms. The van der Waals surface area contributed by atoms with Crippen LogP contribution in [0.2, 0.25) is 0 Å². The van der Waals surface area contributed by atoms with Crippen LogP contribution in [-0.2, 0) is 4.79 Å². The van der Waals surface area contributed by atoms with E-state index >= 15 is 0 Å². The molecule has 0 saturated carbocycles. The molecule has 0 aliphatic carbocycles. The first-order valence-corrected chi connectivity index (χ1v) is 3.68. The van der Waals surface area contributed by atoms with Crippen molar-refractivity contribution in [1.29, 1.82) is 0 Å². The van der Waals surface area contributed by atoms with Gasteiger partial charge in [0.25, 0.3) is 0 Å². The van der Waals surface area contributed by atoms with Gasteiger partial charge in [0.15, 0.2) is 0 Å². The van der Waals surface area contributed by atoms with E-state index < -0.39 is 18.0 Å². The molecular weight excluding hydrogens is 175 g/mol. The van der Waals surface area contributed by atoms with Gasteiger partial charge < -0.3 is 10.8 Å². The molecule has 1 aromatic rings. The predicted octanol–water partition coefficient (Wildman–Crippen LogP) is 0.695. The number of carboxylic acids is 1. The number of aromatic nitrogens is 1. The Labute approximate surface area is 74.2 Å². The highest BCUT2D eigenvalue weighted by molar-refractivity contribution is 5.67. The van der Waals surface area contributed by atoms with Crippen LogP contribution in [0.25, 0.3) is 0 Å². The van der Waals surface area contributed by atoms with E-state index in [0.29, 0.717) is 5.56 Å². The highest BCUT2D eigenvalue weighted by atomic mass is 19.1. The van der Waals surface area contributed by atoms with Gasteiger partial charge in [0.1, 0.15) is 0 Å². The first-order valence-electron chi connectivity index (χ1n) is 3.68. The van der Waals surface area contributed by atoms with Crippen molar-refractivity contribution < 1.29 is 14.3 Å². The molecule has 1 atom stereocenters. The largest absolute Gasteiger partial charge is 0.481 e. The molecule has 0 fully saturated rings. The lowest BCUT2D eigenvalue weighted by Crippen LogP contribution is -2.15. The van der Waals surface area contributed by atoms with E-state index in [9.17, 15) is 9.18 Å². The number of hydrogen-bond acceptors (Lipinski definition) is 3. The topological polar surface area (TPSA) is 76.2 Å². The van der Waals surface area contributed by atoms with Crippen molar-refractivity contribution in [2.24, 2.45) is 5.73 Å². The lowest BCUT2D eigenvalue weighted by Gasteiger charge is -2.07. The van der Waals surface area contributed by atoms with Crippen LogP contribution in [0.3, 0.4) is 0 Å². The third kappa shape index (κ3) is 2.79. The zero-order valence-corrected chi connectivity index (χ0v) is 6.77. The number of carboxylic acid groups (broad SMARTS) is 1. The van der Waals surface area contributed by atoms with E-state index in [2.05, 4.69) is 4.98 Å². The van der Waals surface area contributed by atoms with E-state index in [1.807, 2.05) is 0 Å². The number of aliphatic carboxylic acids is 1.